The van der Waals surface area contributed by atoms with Crippen molar-refractivity contribution in [2.75, 3.05) is 20.8 Å². The molecule has 0 radical (unpaired) electrons. The predicted octanol–water partition coefficient (Wildman–Crippen LogP) is 8.38. The van der Waals surface area contributed by atoms with Crippen molar-refractivity contribution in [3.05, 3.63) is 77.9 Å². The molecule has 0 aliphatic carbocycles. The quantitative estimate of drug-likeness (QED) is 0.138. The van der Waals surface area contributed by atoms with Gasteiger partial charge in [0.15, 0.2) is 5.78 Å². The molecule has 33 heavy (non-hydrogen) atoms. The van der Waals surface area contributed by atoms with Crippen LogP contribution in [0.4, 0.5) is 0 Å². The minimum Gasteiger partial charge on any atom is -0.497 e. The Morgan fingerprint density at radius 2 is 1.45 bits per heavy atom. The number of hydrogen-bond acceptors (Lipinski definition) is 5. The van der Waals surface area contributed by atoms with Gasteiger partial charge in [-0.05, 0) is 78.7 Å². The largest absolute Gasteiger partial charge is 0.497 e. The van der Waals surface area contributed by atoms with E-state index in [9.17, 15) is 4.79 Å². The number of carbonyl (C=O) groups excluding carboxylic acids is 1. The highest BCUT2D eigenvalue weighted by Gasteiger charge is 2.22. The average Bonchev–Trinajstić information content (AvgIpc) is 3.27. The van der Waals surface area contributed by atoms with Crippen molar-refractivity contribution in [2.24, 2.45) is 0 Å². The van der Waals surface area contributed by atoms with Crippen molar-refractivity contribution in [3.8, 4) is 27.7 Å². The first-order chi connectivity index (χ1) is 16.1. The van der Waals surface area contributed by atoms with Gasteiger partial charge in [-0.3, -0.25) is 4.79 Å². The first-order valence-corrected chi connectivity index (χ1v) is 17.4. The number of thiophene rings is 1. The number of rotatable bonds is 8. The lowest BCUT2D eigenvalue weighted by atomic mass is 9.97. The monoisotopic (exact) mass is 686 g/mol. The van der Waals surface area contributed by atoms with Crippen LogP contribution in [0, 0.1) is 0 Å². The summed E-state index contributed by atoms with van der Waals surface area (Å²) >= 11 is 5.83. The minimum absolute atomic E-state index is 0.00993. The van der Waals surface area contributed by atoms with E-state index in [0.717, 1.165) is 44.2 Å². The molecule has 0 bridgehead atoms. The fourth-order valence-corrected chi connectivity index (χ4v) is 4.68. The first-order valence-electron chi connectivity index (χ1n) is 10.3. The molecule has 3 aromatic carbocycles. The van der Waals surface area contributed by atoms with Crippen LogP contribution in [0.25, 0.3) is 20.5 Å². The molecule has 0 amide bonds. The Balaban J connectivity index is 0.00000149. The van der Waals surface area contributed by atoms with Crippen molar-refractivity contribution in [2.45, 2.75) is 13.3 Å². The molecule has 4 nitrogen and oxygen atoms in total. The third-order valence-corrected chi connectivity index (χ3v) is 6.27. The minimum atomic E-state index is -0.00993. The molecule has 172 valence electrons. The summed E-state index contributed by atoms with van der Waals surface area (Å²) in [5.74, 6) is 2.31. The van der Waals surface area contributed by atoms with E-state index in [1.54, 1.807) is 25.6 Å². The lowest BCUT2D eigenvalue weighted by molar-refractivity contribution is 0.104. The highest BCUT2D eigenvalue weighted by Crippen LogP contribution is 2.41. The first kappa shape index (κ1) is 25.8. The van der Waals surface area contributed by atoms with Gasteiger partial charge in [-0.2, -0.15) is 0 Å². The van der Waals surface area contributed by atoms with Gasteiger partial charge in [-0.1, -0.05) is 6.92 Å². The number of carbonyl (C=O) groups is 1. The molecular weight excluding hydrogens is 662 g/mol. The highest BCUT2D eigenvalue weighted by molar-refractivity contribution is 15.0. The van der Waals surface area contributed by atoms with Crippen LogP contribution in [0.15, 0.2) is 66.7 Å². The fourth-order valence-electron chi connectivity index (χ4n) is 3.44. The van der Waals surface area contributed by atoms with Gasteiger partial charge >= 0.3 is 0 Å². The van der Waals surface area contributed by atoms with Crippen molar-refractivity contribution in [3.63, 3.8) is 0 Å². The number of halogens is 2. The molecule has 0 unspecified atom stereocenters. The SMILES string of the molecule is CCCOc1ccc(C(=O)c2c(-c3ccc(OC)cc3)sc3cc(OC)ccc23)cc1.II. The summed E-state index contributed by atoms with van der Waals surface area (Å²) in [5.41, 5.74) is 2.32. The lowest BCUT2D eigenvalue weighted by Crippen LogP contribution is -2.03. The van der Waals surface area contributed by atoms with Gasteiger partial charge in [0.05, 0.1) is 20.8 Å². The third kappa shape index (κ3) is 5.99. The van der Waals surface area contributed by atoms with Gasteiger partial charge < -0.3 is 14.2 Å². The summed E-state index contributed by atoms with van der Waals surface area (Å²) in [5, 5.41) is 0.924. The van der Waals surface area contributed by atoms with Crippen molar-refractivity contribution < 1.29 is 19.0 Å². The van der Waals surface area contributed by atoms with E-state index in [0.29, 0.717) is 17.7 Å². The van der Waals surface area contributed by atoms with Crippen LogP contribution in [0.1, 0.15) is 29.3 Å². The van der Waals surface area contributed by atoms with E-state index in [2.05, 4.69) is 44.2 Å². The summed E-state index contributed by atoms with van der Waals surface area (Å²) in [6.07, 6.45) is 0.941. The number of ketones is 1. The molecular formula is C26H24I2O4S. The maximum atomic E-state index is 13.6. The highest BCUT2D eigenvalue weighted by atomic mass is 128. The molecule has 0 aliphatic rings. The molecule has 0 aliphatic heterocycles. The van der Waals surface area contributed by atoms with Crippen LogP contribution in [0.5, 0.6) is 17.2 Å². The molecule has 1 aromatic heterocycles. The predicted molar refractivity (Wildman–Crippen MR) is 154 cm³/mol. The number of hydrogen-bond donors (Lipinski definition) is 0. The zero-order valence-electron chi connectivity index (χ0n) is 18.6. The van der Waals surface area contributed by atoms with Crippen LogP contribution in [0.2, 0.25) is 0 Å². The maximum Gasteiger partial charge on any atom is 0.195 e. The Hall–Kier alpha value is -1.85. The van der Waals surface area contributed by atoms with Gasteiger partial charge in [0.2, 0.25) is 0 Å². The Bertz CT molecular complexity index is 1200. The van der Waals surface area contributed by atoms with Crippen LogP contribution in [0.3, 0.4) is 0 Å². The zero-order valence-corrected chi connectivity index (χ0v) is 23.7. The molecule has 4 aromatic rings. The van der Waals surface area contributed by atoms with E-state index in [-0.39, 0.29) is 5.78 Å². The van der Waals surface area contributed by atoms with Crippen molar-refractivity contribution in [1.82, 2.24) is 0 Å². The van der Waals surface area contributed by atoms with E-state index in [1.807, 2.05) is 66.7 Å². The van der Waals surface area contributed by atoms with E-state index >= 15 is 0 Å². The molecule has 0 fully saturated rings. The number of benzene rings is 3. The van der Waals surface area contributed by atoms with E-state index in [1.165, 1.54) is 0 Å². The topological polar surface area (TPSA) is 44.8 Å². The van der Waals surface area contributed by atoms with Crippen LogP contribution < -0.4 is 14.2 Å². The molecule has 0 saturated heterocycles. The molecule has 7 heteroatoms. The van der Waals surface area contributed by atoms with Crippen molar-refractivity contribution >= 4 is 64.4 Å². The number of fused-ring (bicyclic) bond motifs is 1. The van der Waals surface area contributed by atoms with Gasteiger partial charge in [0.1, 0.15) is 17.2 Å². The normalized spacial score (nSPS) is 10.3. The van der Waals surface area contributed by atoms with E-state index < -0.39 is 0 Å². The lowest BCUT2D eigenvalue weighted by Gasteiger charge is -2.08. The summed E-state index contributed by atoms with van der Waals surface area (Å²) in [7, 11) is 3.29. The van der Waals surface area contributed by atoms with Gasteiger partial charge in [0.25, 0.3) is 0 Å². The van der Waals surface area contributed by atoms with Gasteiger partial charge in [-0.15, -0.1) is 11.3 Å². The standard InChI is InChI=1S/C26H24O4S.I2/c1-4-15-30-20-11-5-17(6-12-20)25(27)24-22-14-13-21(29-3)16-23(22)31-26(24)18-7-9-19(28-2)10-8-18;1-2/h5-14,16H,4,15H2,1-3H3;. The average molecular weight is 686 g/mol. The van der Waals surface area contributed by atoms with Crippen LogP contribution in [-0.2, 0) is 0 Å². The second-order valence-corrected chi connectivity index (χ2v) is 8.15. The summed E-state index contributed by atoms with van der Waals surface area (Å²) in [4.78, 5) is 14.6. The fraction of sp³-hybridized carbons (Fsp3) is 0.192. The van der Waals surface area contributed by atoms with Crippen molar-refractivity contribution in [1.29, 1.82) is 0 Å². The Kier molecular flexibility index (Phi) is 9.81. The van der Waals surface area contributed by atoms with Crippen LogP contribution in [-0.4, -0.2) is 26.6 Å². The molecule has 0 atom stereocenters. The molecule has 4 rings (SSSR count). The summed E-state index contributed by atoms with van der Waals surface area (Å²) < 4.78 is 17.3. The second-order valence-electron chi connectivity index (χ2n) is 7.10. The van der Waals surface area contributed by atoms with Gasteiger partial charge in [-0.25, -0.2) is 0 Å². The Labute approximate surface area is 221 Å². The number of methoxy groups -OCH3 is 2. The molecule has 0 N–H and O–H groups in total. The zero-order chi connectivity index (χ0) is 23.8. The Morgan fingerprint density at radius 3 is 2.06 bits per heavy atom. The summed E-state index contributed by atoms with van der Waals surface area (Å²) in [6, 6.07) is 21.0. The van der Waals surface area contributed by atoms with Gasteiger partial charge in [0, 0.05) is 63.3 Å². The summed E-state index contributed by atoms with van der Waals surface area (Å²) in [6.45, 7) is 2.72. The maximum absolute atomic E-state index is 13.6. The van der Waals surface area contributed by atoms with E-state index in [4.69, 9.17) is 14.2 Å². The molecule has 0 saturated carbocycles. The molecule has 1 heterocycles. The Morgan fingerprint density at radius 1 is 0.848 bits per heavy atom. The van der Waals surface area contributed by atoms with Crippen LogP contribution >= 0.6 is 48.6 Å². The molecule has 0 spiro atoms. The number of ether oxygens (including phenoxy) is 3. The third-order valence-electron chi connectivity index (χ3n) is 5.07. The smallest absolute Gasteiger partial charge is 0.195 e. The second kappa shape index (κ2) is 12.6.